The van der Waals surface area contributed by atoms with Crippen LogP contribution in [0, 0.1) is 11.3 Å². The molecule has 24 heavy (non-hydrogen) atoms. The molecule has 0 radical (unpaired) electrons. The van der Waals surface area contributed by atoms with E-state index in [1.807, 2.05) is 37.3 Å². The number of hydrogen-bond acceptors (Lipinski definition) is 2. The maximum Gasteiger partial charge on any atom is 0.138 e. The summed E-state index contributed by atoms with van der Waals surface area (Å²) in [5, 5.41) is 11.9. The van der Waals surface area contributed by atoms with Crippen LogP contribution in [-0.2, 0) is 0 Å². The summed E-state index contributed by atoms with van der Waals surface area (Å²) < 4.78 is 7.08. The molecule has 1 atom stereocenters. The van der Waals surface area contributed by atoms with Crippen LogP contribution in [-0.4, -0.2) is 0 Å². The molecule has 3 aromatic carbocycles. The Bertz CT molecular complexity index is 1030. The molecule has 0 aliphatic carbocycles. The predicted molar refractivity (Wildman–Crippen MR) is 98.9 cm³/mol. The van der Waals surface area contributed by atoms with Crippen LogP contribution in [0.15, 0.2) is 76.5 Å². The third kappa shape index (κ3) is 2.23. The minimum absolute atomic E-state index is 0.126. The highest BCUT2D eigenvalue weighted by Gasteiger charge is 2.31. The van der Waals surface area contributed by atoms with Crippen LogP contribution in [0.1, 0.15) is 24.0 Å². The van der Waals surface area contributed by atoms with Crippen LogP contribution >= 0.6 is 15.9 Å². The zero-order chi connectivity index (χ0) is 16.7. The van der Waals surface area contributed by atoms with Gasteiger partial charge in [0.1, 0.15) is 11.5 Å². The molecule has 1 unspecified atom stereocenters. The Morgan fingerprint density at radius 1 is 0.958 bits per heavy atom. The van der Waals surface area contributed by atoms with E-state index >= 15 is 0 Å². The van der Waals surface area contributed by atoms with Gasteiger partial charge in [0.2, 0.25) is 0 Å². The fourth-order valence-corrected chi connectivity index (χ4v) is 3.86. The van der Waals surface area contributed by atoms with Gasteiger partial charge >= 0.3 is 0 Å². The van der Waals surface area contributed by atoms with Crippen LogP contribution in [0.5, 0.6) is 5.75 Å². The smallest absolute Gasteiger partial charge is 0.138 e. The van der Waals surface area contributed by atoms with Crippen molar-refractivity contribution in [3.05, 3.63) is 87.6 Å². The molecule has 0 bridgehead atoms. The van der Waals surface area contributed by atoms with E-state index in [0.29, 0.717) is 11.3 Å². The summed E-state index contributed by atoms with van der Waals surface area (Å²) in [4.78, 5) is 0. The van der Waals surface area contributed by atoms with E-state index in [1.165, 1.54) is 0 Å². The molecule has 0 aromatic heterocycles. The lowest BCUT2D eigenvalue weighted by Gasteiger charge is -2.28. The maximum absolute atomic E-state index is 9.72. The molecule has 0 saturated heterocycles. The molecule has 1 aliphatic heterocycles. The van der Waals surface area contributed by atoms with Crippen LogP contribution in [0.25, 0.3) is 10.8 Å². The van der Waals surface area contributed by atoms with Gasteiger partial charge in [-0.2, -0.15) is 5.26 Å². The number of nitriles is 1. The monoisotopic (exact) mass is 375 g/mol. The molecule has 3 heteroatoms. The minimum Gasteiger partial charge on any atom is -0.460 e. The van der Waals surface area contributed by atoms with Gasteiger partial charge in [0.05, 0.1) is 17.6 Å². The number of rotatable bonds is 1. The van der Waals surface area contributed by atoms with E-state index in [0.717, 1.165) is 32.1 Å². The lowest BCUT2D eigenvalue weighted by molar-refractivity contribution is 0.406. The Balaban J connectivity index is 2.05. The molecule has 0 spiro atoms. The summed E-state index contributed by atoms with van der Waals surface area (Å²) in [6, 6.07) is 22.7. The molecular weight excluding hydrogens is 362 g/mol. The predicted octanol–water partition coefficient (Wildman–Crippen LogP) is 5.92. The number of ether oxygens (including phenoxy) is 1. The number of halogens is 1. The average Bonchev–Trinajstić information content (AvgIpc) is 2.61. The zero-order valence-corrected chi connectivity index (χ0v) is 14.7. The van der Waals surface area contributed by atoms with E-state index in [1.54, 1.807) is 0 Å². The topological polar surface area (TPSA) is 33.0 Å². The van der Waals surface area contributed by atoms with Gasteiger partial charge in [-0.05, 0) is 23.9 Å². The van der Waals surface area contributed by atoms with E-state index in [2.05, 4.69) is 52.3 Å². The third-order valence-corrected chi connectivity index (χ3v) is 5.20. The Morgan fingerprint density at radius 2 is 1.71 bits per heavy atom. The zero-order valence-electron chi connectivity index (χ0n) is 13.1. The first-order valence-corrected chi connectivity index (χ1v) is 8.55. The van der Waals surface area contributed by atoms with E-state index in [-0.39, 0.29) is 5.92 Å². The van der Waals surface area contributed by atoms with Gasteiger partial charge in [0.25, 0.3) is 0 Å². The summed E-state index contributed by atoms with van der Waals surface area (Å²) in [5.41, 5.74) is 2.76. The van der Waals surface area contributed by atoms with Crippen molar-refractivity contribution in [1.82, 2.24) is 0 Å². The van der Waals surface area contributed by atoms with Crippen molar-refractivity contribution in [2.24, 2.45) is 0 Å². The summed E-state index contributed by atoms with van der Waals surface area (Å²) in [6.45, 7) is 1.87. The average molecular weight is 376 g/mol. The molecule has 3 aromatic rings. The number of hydrogen-bond donors (Lipinski definition) is 0. The van der Waals surface area contributed by atoms with Gasteiger partial charge in [0, 0.05) is 15.4 Å². The minimum atomic E-state index is -0.126. The van der Waals surface area contributed by atoms with Crippen molar-refractivity contribution >= 4 is 26.7 Å². The Morgan fingerprint density at radius 3 is 2.50 bits per heavy atom. The lowest BCUT2D eigenvalue weighted by Crippen LogP contribution is -2.15. The molecule has 0 saturated carbocycles. The summed E-state index contributed by atoms with van der Waals surface area (Å²) in [5.74, 6) is 1.39. The Hall–Kier alpha value is -2.57. The largest absolute Gasteiger partial charge is 0.460 e. The van der Waals surface area contributed by atoms with Crippen LogP contribution < -0.4 is 4.74 Å². The number of benzene rings is 3. The van der Waals surface area contributed by atoms with E-state index < -0.39 is 0 Å². The third-order valence-electron chi connectivity index (χ3n) is 4.48. The summed E-state index contributed by atoms with van der Waals surface area (Å²) in [6.07, 6.45) is 0. The molecular formula is C21H14BrNO. The first-order chi connectivity index (χ1) is 11.7. The van der Waals surface area contributed by atoms with Crippen molar-refractivity contribution < 1.29 is 4.74 Å². The SMILES string of the molecule is CC1=C(C#N)C(c2ccccc2Br)c2ccc3ccccc3c2O1. The van der Waals surface area contributed by atoms with Gasteiger partial charge in [0.15, 0.2) is 0 Å². The van der Waals surface area contributed by atoms with Gasteiger partial charge < -0.3 is 4.74 Å². The van der Waals surface area contributed by atoms with Crippen molar-refractivity contribution in [3.63, 3.8) is 0 Å². The lowest BCUT2D eigenvalue weighted by atomic mass is 9.82. The van der Waals surface area contributed by atoms with Crippen LogP contribution in [0.3, 0.4) is 0 Å². The first kappa shape index (κ1) is 15.0. The van der Waals surface area contributed by atoms with E-state index in [9.17, 15) is 5.26 Å². The fraction of sp³-hybridized carbons (Fsp3) is 0.0952. The summed E-state index contributed by atoms with van der Waals surface area (Å²) in [7, 11) is 0. The van der Waals surface area contributed by atoms with Crippen molar-refractivity contribution in [2.75, 3.05) is 0 Å². The second kappa shape index (κ2) is 5.81. The summed E-state index contributed by atoms with van der Waals surface area (Å²) >= 11 is 3.64. The highest BCUT2D eigenvalue weighted by atomic mass is 79.9. The quantitative estimate of drug-likeness (QED) is 0.528. The van der Waals surface area contributed by atoms with Crippen molar-refractivity contribution in [3.8, 4) is 11.8 Å². The second-order valence-electron chi connectivity index (χ2n) is 5.84. The van der Waals surface area contributed by atoms with Gasteiger partial charge in [-0.3, -0.25) is 0 Å². The maximum atomic E-state index is 9.72. The Kier molecular flexibility index (Phi) is 3.63. The number of fused-ring (bicyclic) bond motifs is 3. The molecule has 1 aliphatic rings. The molecule has 4 rings (SSSR count). The fourth-order valence-electron chi connectivity index (χ4n) is 3.34. The molecule has 0 N–H and O–H groups in total. The number of nitrogens with zero attached hydrogens (tertiary/aromatic N) is 1. The van der Waals surface area contributed by atoms with Crippen LogP contribution in [0.4, 0.5) is 0 Å². The first-order valence-electron chi connectivity index (χ1n) is 7.75. The van der Waals surface area contributed by atoms with Gasteiger partial charge in [-0.1, -0.05) is 70.5 Å². The molecule has 0 fully saturated rings. The highest BCUT2D eigenvalue weighted by molar-refractivity contribution is 9.10. The standard InChI is InChI=1S/C21H14BrNO/c1-13-18(12-23)20(16-8-4-5-9-19(16)22)17-11-10-14-6-2-3-7-15(14)21(17)24-13/h2-11,20H,1H3. The van der Waals surface area contributed by atoms with Gasteiger partial charge in [-0.15, -0.1) is 0 Å². The second-order valence-corrected chi connectivity index (χ2v) is 6.70. The van der Waals surface area contributed by atoms with Crippen LogP contribution in [0.2, 0.25) is 0 Å². The molecule has 0 amide bonds. The van der Waals surface area contributed by atoms with E-state index in [4.69, 9.17) is 4.74 Å². The number of allylic oxidation sites excluding steroid dienone is 2. The van der Waals surface area contributed by atoms with Gasteiger partial charge in [-0.25, -0.2) is 0 Å². The van der Waals surface area contributed by atoms with Crippen molar-refractivity contribution in [1.29, 1.82) is 5.26 Å². The van der Waals surface area contributed by atoms with Crippen molar-refractivity contribution in [2.45, 2.75) is 12.8 Å². The molecule has 116 valence electrons. The molecule has 1 heterocycles. The normalized spacial score (nSPS) is 16.5. The molecule has 2 nitrogen and oxygen atoms in total. The Labute approximate surface area is 149 Å². The highest BCUT2D eigenvalue weighted by Crippen LogP contribution is 2.47.